The first-order chi connectivity index (χ1) is 9.84. The molecule has 0 bridgehead atoms. The first-order valence-electron chi connectivity index (χ1n) is 7.41. The minimum atomic E-state index is 0.0246. The Morgan fingerprint density at radius 1 is 1.25 bits per heavy atom. The van der Waals surface area contributed by atoms with Crippen LogP contribution in [0.2, 0.25) is 0 Å². The number of nitrogens with one attached hydrogen (secondary N) is 2. The van der Waals surface area contributed by atoms with Gasteiger partial charge in [-0.05, 0) is 57.1 Å². The quantitative estimate of drug-likeness (QED) is 0.820. The van der Waals surface area contributed by atoms with Crippen molar-refractivity contribution in [2.24, 2.45) is 0 Å². The molecule has 4 nitrogen and oxygen atoms in total. The Morgan fingerprint density at radius 3 is 2.95 bits per heavy atom. The van der Waals surface area contributed by atoms with Crippen molar-refractivity contribution in [3.63, 3.8) is 0 Å². The molecule has 0 saturated carbocycles. The molecule has 0 atom stereocenters. The van der Waals surface area contributed by atoms with Gasteiger partial charge >= 0.3 is 0 Å². The third-order valence-electron chi connectivity index (χ3n) is 3.97. The number of carbonyl (C=O) groups is 1. The summed E-state index contributed by atoms with van der Waals surface area (Å²) in [7, 11) is 0. The van der Waals surface area contributed by atoms with Gasteiger partial charge in [-0.15, -0.1) is 0 Å². The monoisotopic (exact) mass is 271 g/mol. The highest BCUT2D eigenvalue weighted by atomic mass is 16.1. The molecule has 2 aromatic rings. The summed E-state index contributed by atoms with van der Waals surface area (Å²) in [6.07, 6.45) is 5.54. The van der Waals surface area contributed by atoms with E-state index < -0.39 is 0 Å². The summed E-state index contributed by atoms with van der Waals surface area (Å²) in [5, 5.41) is 4.02. The van der Waals surface area contributed by atoms with Crippen LogP contribution in [0.4, 0.5) is 0 Å². The number of hydrogen-bond donors (Lipinski definition) is 2. The van der Waals surface area contributed by atoms with Crippen molar-refractivity contribution in [3.8, 4) is 0 Å². The zero-order valence-electron chi connectivity index (χ0n) is 11.7. The Labute approximate surface area is 119 Å². The van der Waals surface area contributed by atoms with Gasteiger partial charge in [-0.25, -0.2) is 0 Å². The zero-order chi connectivity index (χ0) is 13.8. The summed E-state index contributed by atoms with van der Waals surface area (Å²) in [4.78, 5) is 17.8. The Balaban J connectivity index is 1.52. The number of rotatable bonds is 5. The molecule has 2 heterocycles. The topological polar surface area (TPSA) is 48.1 Å². The molecule has 20 heavy (non-hydrogen) atoms. The number of aromatic amines is 1. The lowest BCUT2D eigenvalue weighted by atomic mass is 10.1. The van der Waals surface area contributed by atoms with E-state index in [4.69, 9.17) is 0 Å². The molecule has 0 radical (unpaired) electrons. The minimum Gasteiger partial charge on any atom is -0.361 e. The smallest absolute Gasteiger partial charge is 0.251 e. The van der Waals surface area contributed by atoms with Crippen LogP contribution in [0.25, 0.3) is 10.9 Å². The van der Waals surface area contributed by atoms with E-state index in [0.29, 0.717) is 0 Å². The van der Waals surface area contributed by atoms with E-state index in [1.165, 1.54) is 25.9 Å². The van der Waals surface area contributed by atoms with E-state index in [2.05, 4.69) is 15.2 Å². The normalized spacial score (nSPS) is 15.8. The van der Waals surface area contributed by atoms with E-state index >= 15 is 0 Å². The third kappa shape index (κ3) is 2.85. The van der Waals surface area contributed by atoms with Crippen molar-refractivity contribution < 1.29 is 4.79 Å². The SMILES string of the molecule is O=C(NCCCN1CCCC1)c1cccc2[nH]ccc12. The molecule has 1 aliphatic heterocycles. The number of aromatic nitrogens is 1. The van der Waals surface area contributed by atoms with Gasteiger partial charge in [-0.1, -0.05) is 6.07 Å². The molecule has 1 aliphatic rings. The second-order valence-corrected chi connectivity index (χ2v) is 5.40. The maximum absolute atomic E-state index is 12.2. The van der Waals surface area contributed by atoms with Crippen LogP contribution >= 0.6 is 0 Å². The van der Waals surface area contributed by atoms with Gasteiger partial charge in [0.1, 0.15) is 0 Å². The Morgan fingerprint density at radius 2 is 2.10 bits per heavy atom. The van der Waals surface area contributed by atoms with E-state index in [-0.39, 0.29) is 5.91 Å². The van der Waals surface area contributed by atoms with Gasteiger partial charge in [0.25, 0.3) is 5.91 Å². The largest absolute Gasteiger partial charge is 0.361 e. The number of H-pyrrole nitrogens is 1. The van der Waals surface area contributed by atoms with Crippen LogP contribution in [0.5, 0.6) is 0 Å². The fraction of sp³-hybridized carbons (Fsp3) is 0.438. The predicted octanol–water partition coefficient (Wildman–Crippen LogP) is 2.38. The summed E-state index contributed by atoms with van der Waals surface area (Å²) >= 11 is 0. The Kier molecular flexibility index (Phi) is 4.02. The van der Waals surface area contributed by atoms with Gasteiger partial charge in [-0.3, -0.25) is 4.79 Å². The van der Waals surface area contributed by atoms with Crippen LogP contribution in [0.1, 0.15) is 29.6 Å². The van der Waals surface area contributed by atoms with Crippen LogP contribution in [-0.2, 0) is 0 Å². The Bertz CT molecular complexity index is 584. The lowest BCUT2D eigenvalue weighted by Crippen LogP contribution is -2.28. The molecule has 2 N–H and O–H groups in total. The molecule has 3 rings (SSSR count). The second kappa shape index (κ2) is 6.09. The minimum absolute atomic E-state index is 0.0246. The molecular formula is C16H21N3O. The summed E-state index contributed by atoms with van der Waals surface area (Å²) in [6, 6.07) is 7.73. The Hall–Kier alpha value is -1.81. The highest BCUT2D eigenvalue weighted by Gasteiger charge is 2.12. The average molecular weight is 271 g/mol. The molecular weight excluding hydrogens is 250 g/mol. The van der Waals surface area contributed by atoms with Crippen molar-refractivity contribution in [1.82, 2.24) is 15.2 Å². The van der Waals surface area contributed by atoms with Crippen molar-refractivity contribution in [2.75, 3.05) is 26.2 Å². The van der Waals surface area contributed by atoms with Crippen LogP contribution in [0, 0.1) is 0 Å². The maximum atomic E-state index is 12.2. The zero-order valence-corrected chi connectivity index (χ0v) is 11.7. The first kappa shape index (κ1) is 13.2. The van der Waals surface area contributed by atoms with Crippen LogP contribution in [0.15, 0.2) is 30.5 Å². The van der Waals surface area contributed by atoms with E-state index in [1.54, 1.807) is 0 Å². The van der Waals surface area contributed by atoms with Crippen LogP contribution < -0.4 is 5.32 Å². The fourth-order valence-electron chi connectivity index (χ4n) is 2.89. The summed E-state index contributed by atoms with van der Waals surface area (Å²) in [6.45, 7) is 4.28. The van der Waals surface area contributed by atoms with Gasteiger partial charge in [0.2, 0.25) is 0 Å². The number of nitrogens with zero attached hydrogens (tertiary/aromatic N) is 1. The second-order valence-electron chi connectivity index (χ2n) is 5.40. The van der Waals surface area contributed by atoms with E-state index in [9.17, 15) is 4.79 Å². The van der Waals surface area contributed by atoms with Crippen LogP contribution in [0.3, 0.4) is 0 Å². The van der Waals surface area contributed by atoms with E-state index in [0.717, 1.165) is 36.0 Å². The standard InChI is InChI=1S/C16H21N3O/c20-16(18-8-4-12-19-10-1-2-11-19)14-5-3-6-15-13(14)7-9-17-15/h3,5-7,9,17H,1-2,4,8,10-12H2,(H,18,20). The molecule has 106 valence electrons. The van der Waals surface area contributed by atoms with Crippen molar-refractivity contribution >= 4 is 16.8 Å². The number of amides is 1. The predicted molar refractivity (Wildman–Crippen MR) is 80.9 cm³/mol. The highest BCUT2D eigenvalue weighted by molar-refractivity contribution is 6.06. The highest BCUT2D eigenvalue weighted by Crippen LogP contribution is 2.17. The van der Waals surface area contributed by atoms with Crippen molar-refractivity contribution in [3.05, 3.63) is 36.0 Å². The maximum Gasteiger partial charge on any atom is 0.251 e. The molecule has 0 aliphatic carbocycles. The molecule has 1 aromatic heterocycles. The number of benzene rings is 1. The van der Waals surface area contributed by atoms with Crippen LogP contribution in [-0.4, -0.2) is 42.0 Å². The lowest BCUT2D eigenvalue weighted by Gasteiger charge is -2.14. The van der Waals surface area contributed by atoms with Gasteiger partial charge < -0.3 is 15.2 Å². The lowest BCUT2D eigenvalue weighted by molar-refractivity contribution is 0.0953. The van der Waals surface area contributed by atoms with Gasteiger partial charge in [0.05, 0.1) is 0 Å². The van der Waals surface area contributed by atoms with Crippen molar-refractivity contribution in [2.45, 2.75) is 19.3 Å². The van der Waals surface area contributed by atoms with Gasteiger partial charge in [0, 0.05) is 29.2 Å². The van der Waals surface area contributed by atoms with Gasteiger partial charge in [-0.2, -0.15) is 0 Å². The molecule has 0 spiro atoms. The molecule has 1 saturated heterocycles. The first-order valence-corrected chi connectivity index (χ1v) is 7.41. The fourth-order valence-corrected chi connectivity index (χ4v) is 2.89. The summed E-state index contributed by atoms with van der Waals surface area (Å²) < 4.78 is 0. The average Bonchev–Trinajstić information content (AvgIpc) is 3.13. The number of carbonyl (C=O) groups excluding carboxylic acids is 1. The molecule has 4 heteroatoms. The third-order valence-corrected chi connectivity index (χ3v) is 3.97. The number of hydrogen-bond acceptors (Lipinski definition) is 2. The van der Waals surface area contributed by atoms with Crippen molar-refractivity contribution in [1.29, 1.82) is 0 Å². The van der Waals surface area contributed by atoms with Gasteiger partial charge in [0.15, 0.2) is 0 Å². The van der Waals surface area contributed by atoms with E-state index in [1.807, 2.05) is 30.5 Å². The molecule has 1 amide bonds. The number of likely N-dealkylation sites (tertiary alicyclic amines) is 1. The molecule has 1 aromatic carbocycles. The number of fused-ring (bicyclic) bond motifs is 1. The molecule has 0 unspecified atom stereocenters. The summed E-state index contributed by atoms with van der Waals surface area (Å²) in [5.74, 6) is 0.0246. The summed E-state index contributed by atoms with van der Waals surface area (Å²) in [5.41, 5.74) is 1.76. The molecule has 1 fully saturated rings.